The summed E-state index contributed by atoms with van der Waals surface area (Å²) in [6.07, 6.45) is 18.1. The fraction of sp³-hybridized carbons (Fsp3) is 0.947. The normalized spacial score (nSPS) is 11.4. The molecule has 0 fully saturated rings. The number of unbranched alkanes of at least 4 members (excludes halogenated alkanes) is 10. The van der Waals surface area contributed by atoms with Gasteiger partial charge in [0.15, 0.2) is 0 Å². The maximum absolute atomic E-state index is 2.58. The van der Waals surface area contributed by atoms with E-state index in [2.05, 4.69) is 32.2 Å². The van der Waals surface area contributed by atoms with E-state index in [9.17, 15) is 0 Å². The Morgan fingerprint density at radius 3 is 1.35 bits per heavy atom. The van der Waals surface area contributed by atoms with Gasteiger partial charge in [-0.3, -0.25) is 4.90 Å². The molecule has 0 saturated carbocycles. The Labute approximate surface area is 129 Å². The first-order valence-corrected chi connectivity index (χ1v) is 9.42. The van der Waals surface area contributed by atoms with Gasteiger partial charge in [0.05, 0.1) is 0 Å². The molecule has 121 valence electrons. The quantitative estimate of drug-likeness (QED) is 0.289. The summed E-state index contributed by atoms with van der Waals surface area (Å²) in [6, 6.07) is 0. The van der Waals surface area contributed by atoms with Crippen LogP contribution in [0.1, 0.15) is 104 Å². The molecule has 0 unspecified atom stereocenters. The number of nitrogens with zero attached hydrogens (tertiary/aromatic N) is 1. The zero-order valence-corrected chi connectivity index (χ0v) is 14.6. The Balaban J connectivity index is 3.45. The van der Waals surface area contributed by atoms with E-state index in [0.717, 1.165) is 0 Å². The number of rotatable bonds is 16. The fourth-order valence-corrected chi connectivity index (χ4v) is 2.74. The molecule has 0 aromatic carbocycles. The monoisotopic (exact) mass is 282 g/mol. The van der Waals surface area contributed by atoms with E-state index < -0.39 is 0 Å². The van der Waals surface area contributed by atoms with Crippen LogP contribution in [0.5, 0.6) is 0 Å². The maximum Gasteiger partial charge on any atom is 0.0248 e. The van der Waals surface area contributed by atoms with Crippen LogP contribution in [0.15, 0.2) is 0 Å². The third-order valence-electron chi connectivity index (χ3n) is 4.04. The van der Waals surface area contributed by atoms with Crippen molar-refractivity contribution in [3.05, 3.63) is 6.54 Å². The van der Waals surface area contributed by atoms with Crippen molar-refractivity contribution in [2.24, 2.45) is 0 Å². The van der Waals surface area contributed by atoms with Gasteiger partial charge in [0.25, 0.3) is 0 Å². The summed E-state index contributed by atoms with van der Waals surface area (Å²) < 4.78 is 0. The van der Waals surface area contributed by atoms with Crippen LogP contribution < -0.4 is 0 Å². The minimum absolute atomic E-state index is 1.19. The van der Waals surface area contributed by atoms with E-state index in [0.29, 0.717) is 0 Å². The van der Waals surface area contributed by atoms with Gasteiger partial charge >= 0.3 is 0 Å². The fourth-order valence-electron chi connectivity index (χ4n) is 2.74. The van der Waals surface area contributed by atoms with Gasteiger partial charge in [-0.25, -0.2) is 0 Å². The van der Waals surface area contributed by atoms with Gasteiger partial charge in [-0.05, 0) is 32.4 Å². The molecule has 0 rings (SSSR count). The highest BCUT2D eigenvalue weighted by Gasteiger charge is 2.03. The first-order chi connectivity index (χ1) is 9.85. The molecule has 1 radical (unpaired) electrons. The van der Waals surface area contributed by atoms with E-state index in [1.165, 1.54) is 96.6 Å². The van der Waals surface area contributed by atoms with Gasteiger partial charge in [0, 0.05) is 6.54 Å². The average Bonchev–Trinajstić information content (AvgIpc) is 2.46. The van der Waals surface area contributed by atoms with Gasteiger partial charge in [0.1, 0.15) is 0 Å². The molecule has 0 aliphatic heterocycles. The number of hydrogen-bond acceptors (Lipinski definition) is 1. The van der Waals surface area contributed by atoms with E-state index in [-0.39, 0.29) is 0 Å². The highest BCUT2D eigenvalue weighted by molar-refractivity contribution is 4.67. The van der Waals surface area contributed by atoms with Crippen LogP contribution in [-0.2, 0) is 0 Å². The molecule has 0 atom stereocenters. The summed E-state index contributed by atoms with van der Waals surface area (Å²) in [6.45, 7) is 11.8. The van der Waals surface area contributed by atoms with Crippen LogP contribution >= 0.6 is 0 Å². The highest BCUT2D eigenvalue weighted by atomic mass is 15.1. The molecule has 0 spiro atoms. The van der Waals surface area contributed by atoms with Crippen molar-refractivity contribution in [2.75, 3.05) is 13.1 Å². The Morgan fingerprint density at radius 1 is 0.550 bits per heavy atom. The zero-order chi connectivity index (χ0) is 14.9. The van der Waals surface area contributed by atoms with Crippen LogP contribution in [-0.4, -0.2) is 18.0 Å². The summed E-state index contributed by atoms with van der Waals surface area (Å²) >= 11 is 0. The molecule has 0 saturated heterocycles. The second kappa shape index (κ2) is 17.0. The summed E-state index contributed by atoms with van der Waals surface area (Å²) in [5, 5.41) is 0. The third kappa shape index (κ3) is 14.4. The van der Waals surface area contributed by atoms with Crippen LogP contribution in [0.25, 0.3) is 0 Å². The molecule has 1 heteroatoms. The lowest BCUT2D eigenvalue weighted by molar-refractivity contribution is 0.308. The molecule has 0 aromatic rings. The van der Waals surface area contributed by atoms with Crippen molar-refractivity contribution in [1.29, 1.82) is 0 Å². The molecule has 1 nitrogen and oxygen atoms in total. The van der Waals surface area contributed by atoms with Gasteiger partial charge < -0.3 is 0 Å². The molecule has 0 bridgehead atoms. The Hall–Kier alpha value is -0.0400. The van der Waals surface area contributed by atoms with Gasteiger partial charge in [-0.2, -0.15) is 0 Å². The van der Waals surface area contributed by atoms with E-state index in [1.807, 2.05) is 0 Å². The smallest absolute Gasteiger partial charge is 0.0248 e. The minimum atomic E-state index is 1.19. The summed E-state index contributed by atoms with van der Waals surface area (Å²) in [5.41, 5.74) is 0. The molecule has 0 aromatic heterocycles. The maximum atomic E-state index is 2.58. The summed E-state index contributed by atoms with van der Waals surface area (Å²) in [7, 11) is 0. The lowest BCUT2D eigenvalue weighted by Crippen LogP contribution is -2.23. The Kier molecular flexibility index (Phi) is 17.0. The molecule has 20 heavy (non-hydrogen) atoms. The largest absolute Gasteiger partial charge is 0.299 e. The van der Waals surface area contributed by atoms with Gasteiger partial charge in [-0.15, -0.1) is 0 Å². The standard InChI is InChI=1S/C19H40N/c1-4-7-9-11-13-15-18-20(17-6-3)19-16-14-12-10-8-5-2/h17H,4-16,18-19H2,1-3H3. The van der Waals surface area contributed by atoms with Gasteiger partial charge in [-0.1, -0.05) is 85.0 Å². The molecule has 0 heterocycles. The van der Waals surface area contributed by atoms with E-state index >= 15 is 0 Å². The predicted octanol–water partition coefficient (Wildman–Crippen LogP) is 6.58. The second-order valence-electron chi connectivity index (χ2n) is 6.16. The van der Waals surface area contributed by atoms with Crippen molar-refractivity contribution < 1.29 is 0 Å². The topological polar surface area (TPSA) is 3.24 Å². The molecule has 0 amide bonds. The summed E-state index contributed by atoms with van der Waals surface area (Å²) in [4.78, 5) is 2.58. The van der Waals surface area contributed by atoms with E-state index in [4.69, 9.17) is 0 Å². The summed E-state index contributed by atoms with van der Waals surface area (Å²) in [5.74, 6) is 0. The van der Waals surface area contributed by atoms with Crippen molar-refractivity contribution in [2.45, 2.75) is 104 Å². The van der Waals surface area contributed by atoms with Crippen molar-refractivity contribution in [3.8, 4) is 0 Å². The lowest BCUT2D eigenvalue weighted by atomic mass is 10.1. The van der Waals surface area contributed by atoms with Crippen molar-refractivity contribution in [1.82, 2.24) is 4.90 Å². The van der Waals surface area contributed by atoms with Gasteiger partial charge in [0.2, 0.25) is 0 Å². The van der Waals surface area contributed by atoms with Crippen LogP contribution in [0.2, 0.25) is 0 Å². The molecule has 0 aliphatic rings. The van der Waals surface area contributed by atoms with Crippen molar-refractivity contribution in [3.63, 3.8) is 0 Å². The average molecular weight is 283 g/mol. The highest BCUT2D eigenvalue weighted by Crippen LogP contribution is 2.10. The Morgan fingerprint density at radius 2 is 0.950 bits per heavy atom. The second-order valence-corrected chi connectivity index (χ2v) is 6.16. The first kappa shape index (κ1) is 20.0. The SMILES string of the molecule is CC[CH]N(CCCCCCCC)CCCCCCCC. The first-order valence-electron chi connectivity index (χ1n) is 9.42. The molecular formula is C19H40N. The van der Waals surface area contributed by atoms with Crippen LogP contribution in [0.3, 0.4) is 0 Å². The van der Waals surface area contributed by atoms with Crippen molar-refractivity contribution >= 4 is 0 Å². The zero-order valence-electron chi connectivity index (χ0n) is 14.6. The van der Waals surface area contributed by atoms with Crippen LogP contribution in [0.4, 0.5) is 0 Å². The number of hydrogen-bond donors (Lipinski definition) is 0. The molecule has 0 N–H and O–H groups in total. The Bertz CT molecular complexity index is 151. The lowest BCUT2D eigenvalue weighted by Gasteiger charge is -2.21. The predicted molar refractivity (Wildman–Crippen MR) is 92.9 cm³/mol. The molecular weight excluding hydrogens is 242 g/mol. The van der Waals surface area contributed by atoms with Crippen LogP contribution in [0, 0.1) is 6.54 Å². The molecule has 0 aliphatic carbocycles. The third-order valence-corrected chi connectivity index (χ3v) is 4.04. The van der Waals surface area contributed by atoms with E-state index in [1.54, 1.807) is 0 Å². The minimum Gasteiger partial charge on any atom is -0.299 e.